The Kier molecular flexibility index (Phi) is 12.3. The van der Waals surface area contributed by atoms with Crippen LogP contribution in [0, 0.1) is 59.5 Å². The van der Waals surface area contributed by atoms with Crippen LogP contribution >= 0.6 is 0 Å². The molecule has 5 rings (SSSR count). The molecule has 0 fully saturated rings. The van der Waals surface area contributed by atoms with Crippen molar-refractivity contribution in [3.05, 3.63) is 119 Å². The van der Waals surface area contributed by atoms with E-state index in [4.69, 9.17) is 4.99 Å². The molecule has 0 amide bonds. The Bertz CT molecular complexity index is 1520. The third-order valence-electron chi connectivity index (χ3n) is 6.95. The van der Waals surface area contributed by atoms with Gasteiger partial charge in [-0.15, -0.1) is 5.56 Å². The fraction of sp³-hybridized carbons (Fsp3) is 0.229. The molecule has 3 aromatic rings. The fourth-order valence-electron chi connectivity index (χ4n) is 4.79. The van der Waals surface area contributed by atoms with Crippen LogP contribution in [0.2, 0.25) is 0 Å². The minimum Gasteiger partial charge on any atom is -0.452 e. The molecule has 205 valence electrons. The third kappa shape index (κ3) is 7.70. The van der Waals surface area contributed by atoms with Crippen LogP contribution < -0.4 is 4.90 Å². The first-order chi connectivity index (χ1) is 19.5. The van der Waals surface area contributed by atoms with Crippen LogP contribution in [0.4, 0.5) is 11.4 Å². The fourth-order valence-corrected chi connectivity index (χ4v) is 4.79. The second-order valence-electron chi connectivity index (χ2n) is 9.46. The van der Waals surface area contributed by atoms with Crippen LogP contribution in [0.3, 0.4) is 0 Å². The summed E-state index contributed by atoms with van der Waals surface area (Å²) in [6.07, 6.45) is 12.1. The van der Waals surface area contributed by atoms with Crippen LogP contribution in [-0.4, -0.2) is 43.6 Å². The van der Waals surface area contributed by atoms with Crippen LogP contribution in [-0.2, 0) is 6.42 Å². The summed E-state index contributed by atoms with van der Waals surface area (Å²) in [4.78, 5) is 13.9. The zero-order valence-corrected chi connectivity index (χ0v) is 28.1. The second-order valence-corrected chi connectivity index (χ2v) is 9.46. The first-order valence-corrected chi connectivity index (χ1v) is 13.8. The predicted molar refractivity (Wildman–Crippen MR) is 169 cm³/mol. The summed E-state index contributed by atoms with van der Waals surface area (Å²) in [7, 11) is 2.01. The normalized spacial score (nSPS) is 15.5. The maximum atomic E-state index is 9.44. The van der Waals surface area contributed by atoms with Gasteiger partial charge in [0.2, 0.25) is 0 Å². The Morgan fingerprint density at radius 3 is 2.54 bits per heavy atom. The molecule has 2 aliphatic heterocycles. The molecule has 2 aliphatic rings. The summed E-state index contributed by atoms with van der Waals surface area (Å²) in [5, 5.41) is 9.44. The van der Waals surface area contributed by atoms with Crippen molar-refractivity contribution < 1.29 is 41.3 Å². The van der Waals surface area contributed by atoms with Gasteiger partial charge >= 0.3 is 0 Å². The van der Waals surface area contributed by atoms with E-state index in [1.807, 2.05) is 74.4 Å². The van der Waals surface area contributed by atoms with E-state index in [1.165, 1.54) is 5.56 Å². The maximum Gasteiger partial charge on any atom is 0.135 e. The number of amidine groups is 1. The van der Waals surface area contributed by atoms with Gasteiger partial charge in [0.05, 0.1) is 18.2 Å². The Hall–Kier alpha value is -3.33. The van der Waals surface area contributed by atoms with Gasteiger partial charge in [-0.2, -0.15) is 11.5 Å². The number of nitrogens with zero attached hydrogens (tertiary/aromatic N) is 5. The van der Waals surface area contributed by atoms with Crippen LogP contribution in [0.1, 0.15) is 36.1 Å². The monoisotopic (exact) mass is 667 g/mol. The molecule has 41 heavy (non-hydrogen) atoms. The van der Waals surface area contributed by atoms with Gasteiger partial charge in [-0.1, -0.05) is 99.8 Å². The summed E-state index contributed by atoms with van der Waals surface area (Å²) in [5.41, 5.74) is 9.06. The largest absolute Gasteiger partial charge is 0.452 e. The average molecular weight is 668 g/mol. The van der Waals surface area contributed by atoms with Crippen molar-refractivity contribution in [2.75, 3.05) is 31.6 Å². The molecule has 2 heterocycles. The minimum atomic E-state index is 0. The van der Waals surface area contributed by atoms with Crippen LogP contribution in [0.15, 0.2) is 107 Å². The first-order valence-electron chi connectivity index (χ1n) is 13.8. The van der Waals surface area contributed by atoms with Gasteiger partial charge < -0.3 is 14.8 Å². The number of nitriles is 1. The molecule has 6 heteroatoms. The molecule has 0 aromatic heterocycles. The van der Waals surface area contributed by atoms with E-state index >= 15 is 0 Å². The van der Waals surface area contributed by atoms with Crippen molar-refractivity contribution in [2.24, 2.45) is 9.98 Å². The number of fused-ring (bicyclic) bond motifs is 1. The molecule has 0 aliphatic carbocycles. The van der Waals surface area contributed by atoms with Crippen molar-refractivity contribution >= 4 is 23.4 Å². The summed E-state index contributed by atoms with van der Waals surface area (Å²) >= 11 is 0. The topological polar surface area (TPSA) is 55.0 Å². The second kappa shape index (κ2) is 15.6. The van der Waals surface area contributed by atoms with Gasteiger partial charge in [0.1, 0.15) is 5.84 Å². The van der Waals surface area contributed by atoms with Crippen LogP contribution in [0.5, 0.6) is 0 Å². The zero-order chi connectivity index (χ0) is 28.5. The van der Waals surface area contributed by atoms with E-state index in [9.17, 15) is 5.26 Å². The van der Waals surface area contributed by atoms with E-state index in [0.29, 0.717) is 18.7 Å². The van der Waals surface area contributed by atoms with Gasteiger partial charge in [0.15, 0.2) is 0 Å². The summed E-state index contributed by atoms with van der Waals surface area (Å²) in [6.45, 7) is 12.4. The number of anilines is 1. The molecule has 1 radical (unpaired) electrons. The molecular formula is C35H36N5Pr-. The number of aryl methyl sites for hydroxylation is 1. The molecule has 0 saturated carbocycles. The third-order valence-corrected chi connectivity index (χ3v) is 6.95. The quantitative estimate of drug-likeness (QED) is 0.265. The molecule has 0 saturated heterocycles. The summed E-state index contributed by atoms with van der Waals surface area (Å²) in [5.74, 6) is 0.892. The van der Waals surface area contributed by atoms with Crippen molar-refractivity contribution in [1.82, 2.24) is 4.90 Å². The number of likely N-dealkylation sites (N-methyl/N-ethyl adjacent to an activating group) is 1. The zero-order valence-electron chi connectivity index (χ0n) is 24.4. The smallest absolute Gasteiger partial charge is 0.135 e. The Labute approximate surface area is 278 Å². The molecule has 0 unspecified atom stereocenters. The van der Waals surface area contributed by atoms with Crippen molar-refractivity contribution in [3.8, 4) is 17.2 Å². The minimum absolute atomic E-state index is 0. The average Bonchev–Trinajstić information content (AvgIpc) is 3.08. The number of aliphatic imine (C=N–C) groups is 2. The molecule has 0 spiro atoms. The van der Waals surface area contributed by atoms with Gasteiger partial charge in [0, 0.05) is 66.1 Å². The summed E-state index contributed by atoms with van der Waals surface area (Å²) < 4.78 is 0. The van der Waals surface area contributed by atoms with Gasteiger partial charge in [-0.05, 0) is 53.6 Å². The van der Waals surface area contributed by atoms with Gasteiger partial charge in [-0.3, -0.25) is 4.99 Å². The standard InChI is InChI=1S/C33H30N5.C2H6.Pr/c1-24-21-29(33-36-17-8-4-5-9-25(2)37(33)3)22-31-32(24)35-18-20-38(31)19-16-26-12-14-27(15-13-26)30-11-7-6-10-28(30)23-34;1-2;/h4-15,21-22H,2,16-17,19-20H2,1,3H3;1-2H3;/q-1;;/b8-4-,9-5-,36-33?;;. The van der Waals surface area contributed by atoms with E-state index in [-0.39, 0.29) is 41.3 Å². The predicted octanol–water partition coefficient (Wildman–Crippen LogP) is 7.52. The number of hydrogen-bond donors (Lipinski definition) is 0. The molecule has 0 atom stereocenters. The molecule has 0 bridgehead atoms. The SMILES string of the molecule is C=C1/C=C\C=C/CN=C(c2cc(C)c3c(c2)N(CCc2ccc(-c4ccccc4C#N)cc2)C[C-]=N3)N1C.CC.[Pr]. The number of benzene rings is 3. The number of allylic oxidation sites excluding steroid dienone is 3. The van der Waals surface area contributed by atoms with Gasteiger partial charge in [0.25, 0.3) is 0 Å². The molecule has 5 nitrogen and oxygen atoms in total. The van der Waals surface area contributed by atoms with Gasteiger partial charge in [-0.25, -0.2) is 0 Å². The Morgan fingerprint density at radius 1 is 1.02 bits per heavy atom. The Balaban J connectivity index is 0.00000151. The van der Waals surface area contributed by atoms with E-state index in [2.05, 4.69) is 72.1 Å². The van der Waals surface area contributed by atoms with Crippen molar-refractivity contribution in [3.63, 3.8) is 0 Å². The number of rotatable bonds is 5. The Morgan fingerprint density at radius 2 is 1.78 bits per heavy atom. The van der Waals surface area contributed by atoms with E-state index in [1.54, 1.807) is 0 Å². The maximum absolute atomic E-state index is 9.44. The summed E-state index contributed by atoms with van der Waals surface area (Å²) in [6, 6.07) is 22.9. The molecule has 0 N–H and O–H groups in total. The molecule has 3 aromatic carbocycles. The molecular weight excluding hydrogens is 631 g/mol. The van der Waals surface area contributed by atoms with E-state index in [0.717, 1.165) is 58.1 Å². The first kappa shape index (κ1) is 32.2. The van der Waals surface area contributed by atoms with Crippen molar-refractivity contribution in [1.29, 1.82) is 5.26 Å². The van der Waals surface area contributed by atoms with Crippen molar-refractivity contribution in [2.45, 2.75) is 27.2 Å². The van der Waals surface area contributed by atoms with E-state index < -0.39 is 0 Å². The van der Waals surface area contributed by atoms with Crippen LogP contribution in [0.25, 0.3) is 11.1 Å². The number of hydrogen-bond acceptors (Lipinski definition) is 5.